The lowest BCUT2D eigenvalue weighted by Crippen LogP contribution is -2.36. The number of pyridine rings is 1. The number of hydrogen-bond donors (Lipinski definition) is 1. The van der Waals surface area contributed by atoms with Gasteiger partial charge < -0.3 is 19.5 Å². The average Bonchev–Trinajstić information content (AvgIpc) is 3.47. The fourth-order valence-corrected chi connectivity index (χ4v) is 6.35. The van der Waals surface area contributed by atoms with Crippen molar-refractivity contribution in [3.8, 4) is 0 Å². The first-order chi connectivity index (χ1) is 18.3. The number of cyclic esters (lactones) is 1. The molecule has 0 spiro atoms. The first-order valence-corrected chi connectivity index (χ1v) is 13.4. The van der Waals surface area contributed by atoms with Gasteiger partial charge in [-0.1, -0.05) is 0 Å². The van der Waals surface area contributed by atoms with Gasteiger partial charge in [-0.25, -0.2) is 9.18 Å². The minimum atomic E-state index is -0.586. The number of nitrogens with one attached hydrogen (secondary N) is 1. The number of anilines is 2. The average molecular weight is 537 g/mol. The van der Waals surface area contributed by atoms with Crippen molar-refractivity contribution < 1.29 is 23.5 Å². The largest absolute Gasteiger partial charge is 0.444 e. The predicted molar refractivity (Wildman–Crippen MR) is 141 cm³/mol. The number of hydrogen-bond acceptors (Lipinski definition) is 6. The van der Waals surface area contributed by atoms with Gasteiger partial charge in [0, 0.05) is 35.7 Å². The van der Waals surface area contributed by atoms with Gasteiger partial charge in [0.05, 0.1) is 36.1 Å². The molecule has 1 aromatic heterocycles. The van der Waals surface area contributed by atoms with Crippen LogP contribution in [0.25, 0.3) is 10.9 Å². The maximum absolute atomic E-state index is 15.0. The number of aromatic nitrogens is 1. The van der Waals surface area contributed by atoms with Gasteiger partial charge in [0.15, 0.2) is 0 Å². The maximum atomic E-state index is 15.0. The van der Waals surface area contributed by atoms with E-state index in [1.165, 1.54) is 40.3 Å². The molecule has 3 aromatic rings. The van der Waals surface area contributed by atoms with E-state index in [0.717, 1.165) is 10.3 Å². The molecule has 1 saturated heterocycles. The molecule has 0 unspecified atom stereocenters. The second kappa shape index (κ2) is 9.46. The molecular weight excluding hydrogens is 511 g/mol. The van der Waals surface area contributed by atoms with E-state index in [4.69, 9.17) is 4.74 Å². The molecule has 3 amide bonds. The van der Waals surface area contributed by atoms with Gasteiger partial charge in [-0.3, -0.25) is 19.3 Å². The number of halogens is 1. The zero-order chi connectivity index (χ0) is 26.6. The highest BCUT2D eigenvalue weighted by Crippen LogP contribution is 2.38. The summed E-state index contributed by atoms with van der Waals surface area (Å²) in [5.74, 6) is -0.372. The smallest absolute Gasteiger partial charge is 0.414 e. The third-order valence-corrected chi connectivity index (χ3v) is 8.39. The van der Waals surface area contributed by atoms with E-state index in [1.807, 2.05) is 12.1 Å². The second-order valence-corrected chi connectivity index (χ2v) is 10.7. The van der Waals surface area contributed by atoms with Crippen molar-refractivity contribution in [2.24, 2.45) is 0 Å². The maximum Gasteiger partial charge on any atom is 0.414 e. The molecular formula is C27H25FN4O5S. The molecule has 9 nitrogen and oxygen atoms in total. The number of carbonyl (C=O) groups is 3. The number of amides is 3. The summed E-state index contributed by atoms with van der Waals surface area (Å²) >= 11 is 1.45. The summed E-state index contributed by atoms with van der Waals surface area (Å²) in [5.41, 5.74) is 1.99. The Morgan fingerprint density at radius 1 is 1.16 bits per heavy atom. The fourth-order valence-electron chi connectivity index (χ4n) is 5.56. The van der Waals surface area contributed by atoms with E-state index in [1.54, 1.807) is 23.1 Å². The Hall–Kier alpha value is -3.86. The van der Waals surface area contributed by atoms with E-state index in [2.05, 4.69) is 5.32 Å². The van der Waals surface area contributed by atoms with Crippen LogP contribution in [0.5, 0.6) is 0 Å². The van der Waals surface area contributed by atoms with Gasteiger partial charge in [-0.2, -0.15) is 0 Å². The highest BCUT2D eigenvalue weighted by atomic mass is 32.2. The summed E-state index contributed by atoms with van der Waals surface area (Å²) in [4.78, 5) is 53.5. The predicted octanol–water partition coefficient (Wildman–Crippen LogP) is 3.89. The second-order valence-electron chi connectivity index (χ2n) is 9.69. The van der Waals surface area contributed by atoms with Crippen LogP contribution in [0.1, 0.15) is 31.4 Å². The monoisotopic (exact) mass is 536 g/mol. The van der Waals surface area contributed by atoms with Crippen molar-refractivity contribution in [1.82, 2.24) is 9.47 Å². The highest BCUT2D eigenvalue weighted by Gasteiger charge is 2.36. The molecule has 38 heavy (non-hydrogen) atoms. The summed E-state index contributed by atoms with van der Waals surface area (Å²) in [5, 5.41) is 3.59. The number of nitrogens with zero attached hydrogens (tertiary/aromatic N) is 3. The van der Waals surface area contributed by atoms with Crippen LogP contribution < -0.4 is 15.8 Å². The number of thioether (sulfide) groups is 1. The van der Waals surface area contributed by atoms with Crippen molar-refractivity contribution in [3.63, 3.8) is 0 Å². The molecule has 0 radical (unpaired) electrons. The number of fused-ring (bicyclic) bond motifs is 1. The van der Waals surface area contributed by atoms with Crippen LogP contribution in [0.4, 0.5) is 20.6 Å². The van der Waals surface area contributed by atoms with Crippen LogP contribution >= 0.6 is 11.8 Å². The molecule has 6 rings (SSSR count). The van der Waals surface area contributed by atoms with E-state index in [-0.39, 0.29) is 30.0 Å². The molecule has 0 saturated carbocycles. The quantitative estimate of drug-likeness (QED) is 0.513. The van der Waals surface area contributed by atoms with Crippen molar-refractivity contribution in [2.75, 3.05) is 29.1 Å². The van der Waals surface area contributed by atoms with Gasteiger partial charge in [0.1, 0.15) is 11.9 Å². The normalized spacial score (nSPS) is 19.9. The molecule has 196 valence electrons. The molecule has 3 aliphatic rings. The van der Waals surface area contributed by atoms with Gasteiger partial charge in [-0.05, 0) is 54.6 Å². The third kappa shape index (κ3) is 4.20. The molecule has 3 aliphatic heterocycles. The van der Waals surface area contributed by atoms with Gasteiger partial charge >= 0.3 is 6.09 Å². The van der Waals surface area contributed by atoms with Crippen LogP contribution in [0.15, 0.2) is 52.2 Å². The summed E-state index contributed by atoms with van der Waals surface area (Å²) in [6.45, 7) is 2.31. The van der Waals surface area contributed by atoms with Gasteiger partial charge in [0.2, 0.25) is 11.8 Å². The van der Waals surface area contributed by atoms with Crippen LogP contribution in [0, 0.1) is 5.82 Å². The Bertz CT molecular complexity index is 1560. The van der Waals surface area contributed by atoms with Gasteiger partial charge in [0.25, 0.3) is 5.56 Å². The molecule has 1 fully saturated rings. The van der Waals surface area contributed by atoms with Crippen LogP contribution in [-0.2, 0) is 20.9 Å². The van der Waals surface area contributed by atoms with E-state index in [0.29, 0.717) is 54.1 Å². The Morgan fingerprint density at radius 3 is 2.79 bits per heavy atom. The van der Waals surface area contributed by atoms with E-state index >= 15 is 0 Å². The Balaban J connectivity index is 1.13. The molecule has 1 N–H and O–H groups in total. The molecule has 0 bridgehead atoms. The minimum Gasteiger partial charge on any atom is -0.444 e. The lowest BCUT2D eigenvalue weighted by atomic mass is 10.0. The summed E-state index contributed by atoms with van der Waals surface area (Å²) in [6, 6.07) is 11.0. The first kappa shape index (κ1) is 24.5. The Labute approximate surface area is 221 Å². The zero-order valence-corrected chi connectivity index (χ0v) is 21.4. The number of carbonyl (C=O) groups excluding carboxylic acids is 3. The highest BCUT2D eigenvalue weighted by molar-refractivity contribution is 8.00. The molecule has 11 heteroatoms. The fraction of sp³-hybridized carbons (Fsp3) is 0.333. The van der Waals surface area contributed by atoms with Crippen LogP contribution in [-0.4, -0.2) is 52.3 Å². The van der Waals surface area contributed by atoms with E-state index in [9.17, 15) is 23.6 Å². The molecule has 4 heterocycles. The van der Waals surface area contributed by atoms with Crippen molar-refractivity contribution in [1.29, 1.82) is 0 Å². The molecule has 2 aromatic carbocycles. The zero-order valence-electron chi connectivity index (χ0n) is 20.6. The Kier molecular flexibility index (Phi) is 6.10. The van der Waals surface area contributed by atoms with Gasteiger partial charge in [-0.15, -0.1) is 11.8 Å². The summed E-state index contributed by atoms with van der Waals surface area (Å²) in [6.07, 6.45) is 0.199. The first-order valence-electron chi connectivity index (χ1n) is 12.4. The third-order valence-electron chi connectivity index (χ3n) is 7.31. The van der Waals surface area contributed by atoms with E-state index < -0.39 is 18.0 Å². The SMILES string of the molecule is CC(=O)N(CCC[C@@H]1CN(c2ccc3c(c2)NC(=O)CS3)C(=O)O1)[C@H]1Cn2c(=O)ccc3ccc(F)c1c32. The number of rotatable bonds is 6. The Morgan fingerprint density at radius 2 is 1.97 bits per heavy atom. The number of benzene rings is 2. The summed E-state index contributed by atoms with van der Waals surface area (Å²) in [7, 11) is 0. The van der Waals surface area contributed by atoms with Crippen LogP contribution in [0.3, 0.4) is 0 Å². The molecule has 0 aliphatic carbocycles. The topological polar surface area (TPSA) is 101 Å². The molecule has 2 atom stereocenters. The summed E-state index contributed by atoms with van der Waals surface area (Å²) < 4.78 is 22.1. The number of ether oxygens (including phenoxy) is 1. The van der Waals surface area contributed by atoms with Crippen molar-refractivity contribution >= 4 is 51.9 Å². The van der Waals surface area contributed by atoms with Crippen LogP contribution in [0.2, 0.25) is 0 Å². The lowest BCUT2D eigenvalue weighted by molar-refractivity contribution is -0.131. The van der Waals surface area contributed by atoms with Crippen molar-refractivity contribution in [2.45, 2.75) is 43.4 Å². The van der Waals surface area contributed by atoms with Crippen molar-refractivity contribution in [3.05, 3.63) is 64.2 Å². The standard InChI is InChI=1S/C27H25FN4O5S/c1-15(33)30(21-13-32-24(35)9-5-16-4-7-19(28)25(21)26(16)32)10-2-3-18-12-31(27(36)37-18)17-6-8-22-20(11-17)29-23(34)14-38-22/h4-9,11,18,21H,2-3,10,12-14H2,1H3,(H,29,34)/t18-,21+/m1/s1. The minimum absolute atomic E-state index is 0.0806. The lowest BCUT2D eigenvalue weighted by Gasteiger charge is -2.29.